The highest BCUT2D eigenvalue weighted by Crippen LogP contribution is 2.26. The number of halogens is 1. The molecule has 1 heterocycles. The highest BCUT2D eigenvalue weighted by molar-refractivity contribution is 9.10. The largest absolute Gasteiger partial charge is 0.497 e. The van der Waals surface area contributed by atoms with Crippen LogP contribution in [0.1, 0.15) is 5.69 Å². The maximum atomic E-state index is 12.2. The number of benzene rings is 2. The minimum absolute atomic E-state index is 0.102. The Morgan fingerprint density at radius 1 is 1.25 bits per heavy atom. The molecule has 0 saturated carbocycles. The lowest BCUT2D eigenvalue weighted by Crippen LogP contribution is -2.14. The summed E-state index contributed by atoms with van der Waals surface area (Å²) in [5, 5.41) is 5.68. The van der Waals surface area contributed by atoms with Crippen molar-refractivity contribution in [1.82, 2.24) is 4.98 Å². The molecule has 0 atom stereocenters. The molecular formula is C18H15BrN2O2S. The van der Waals surface area contributed by atoms with Crippen LogP contribution in [-0.2, 0) is 11.2 Å². The number of carbonyl (C=O) groups is 1. The first kappa shape index (κ1) is 16.7. The molecule has 4 nitrogen and oxygen atoms in total. The Balaban J connectivity index is 1.67. The van der Waals surface area contributed by atoms with E-state index in [4.69, 9.17) is 4.74 Å². The summed E-state index contributed by atoms with van der Waals surface area (Å²) in [5.41, 5.74) is 2.51. The number of hydrogen-bond donors (Lipinski definition) is 1. The van der Waals surface area contributed by atoms with Crippen LogP contribution in [0, 0.1) is 0 Å². The van der Waals surface area contributed by atoms with Gasteiger partial charge in [-0.25, -0.2) is 4.98 Å². The maximum absolute atomic E-state index is 12.2. The Labute approximate surface area is 152 Å². The van der Waals surface area contributed by atoms with Crippen LogP contribution in [0.3, 0.4) is 0 Å². The topological polar surface area (TPSA) is 51.2 Å². The van der Waals surface area contributed by atoms with E-state index < -0.39 is 0 Å². The van der Waals surface area contributed by atoms with E-state index >= 15 is 0 Å². The highest BCUT2D eigenvalue weighted by Gasteiger charge is 2.10. The van der Waals surface area contributed by atoms with Crippen molar-refractivity contribution in [2.24, 2.45) is 0 Å². The fourth-order valence-electron chi connectivity index (χ4n) is 2.21. The van der Waals surface area contributed by atoms with Gasteiger partial charge in [0.05, 0.1) is 19.2 Å². The molecule has 24 heavy (non-hydrogen) atoms. The summed E-state index contributed by atoms with van der Waals surface area (Å²) in [7, 11) is 1.60. The quantitative estimate of drug-likeness (QED) is 0.668. The number of carbonyl (C=O) groups excluding carboxylic acids is 1. The molecule has 0 aliphatic carbocycles. The van der Waals surface area contributed by atoms with Crippen LogP contribution in [0.15, 0.2) is 58.4 Å². The van der Waals surface area contributed by atoms with Crippen LogP contribution in [0.5, 0.6) is 5.75 Å². The minimum atomic E-state index is -0.102. The number of nitrogens with one attached hydrogen (secondary N) is 1. The second-order valence-corrected chi connectivity index (χ2v) is 6.89. The summed E-state index contributed by atoms with van der Waals surface area (Å²) >= 11 is 4.99. The van der Waals surface area contributed by atoms with Gasteiger partial charge in [-0.15, -0.1) is 11.3 Å². The van der Waals surface area contributed by atoms with Crippen molar-refractivity contribution in [3.8, 4) is 16.3 Å². The summed E-state index contributed by atoms with van der Waals surface area (Å²) in [6, 6.07) is 15.2. The van der Waals surface area contributed by atoms with Crippen LogP contribution >= 0.6 is 27.3 Å². The van der Waals surface area contributed by atoms with E-state index in [2.05, 4.69) is 26.2 Å². The molecule has 0 fully saturated rings. The molecule has 1 amide bonds. The summed E-state index contributed by atoms with van der Waals surface area (Å²) in [6.07, 6.45) is 0.238. The molecule has 2 aromatic carbocycles. The fourth-order valence-corrected chi connectivity index (χ4v) is 3.43. The van der Waals surface area contributed by atoms with Crippen molar-refractivity contribution in [2.75, 3.05) is 12.4 Å². The SMILES string of the molecule is COc1cccc(NC(=O)Cc2csc(-c3cccc(Br)c3)n2)c1. The summed E-state index contributed by atoms with van der Waals surface area (Å²) in [6.45, 7) is 0. The molecule has 3 aromatic rings. The third-order valence-corrected chi connectivity index (χ3v) is 4.75. The zero-order chi connectivity index (χ0) is 16.9. The Bertz CT molecular complexity index is 863. The predicted octanol–water partition coefficient (Wildman–Crippen LogP) is 4.76. The third kappa shape index (κ3) is 4.21. The monoisotopic (exact) mass is 402 g/mol. The Hall–Kier alpha value is -2.18. The van der Waals surface area contributed by atoms with Gasteiger partial charge in [0.1, 0.15) is 10.8 Å². The summed E-state index contributed by atoms with van der Waals surface area (Å²) in [4.78, 5) is 16.7. The molecule has 1 aromatic heterocycles. The van der Waals surface area contributed by atoms with E-state index in [1.165, 1.54) is 11.3 Å². The van der Waals surface area contributed by atoms with Gasteiger partial charge in [-0.2, -0.15) is 0 Å². The molecule has 6 heteroatoms. The predicted molar refractivity (Wildman–Crippen MR) is 101 cm³/mol. The molecule has 1 N–H and O–H groups in total. The molecular weight excluding hydrogens is 388 g/mol. The highest BCUT2D eigenvalue weighted by atomic mass is 79.9. The van der Waals surface area contributed by atoms with Crippen LogP contribution in [0.4, 0.5) is 5.69 Å². The lowest BCUT2D eigenvalue weighted by atomic mass is 10.2. The van der Waals surface area contributed by atoms with Crippen molar-refractivity contribution >= 4 is 38.9 Å². The standard InChI is InChI=1S/C18H15BrN2O2S/c1-23-16-7-3-6-14(9-16)20-17(22)10-15-11-24-18(21-15)12-4-2-5-13(19)8-12/h2-9,11H,10H2,1H3,(H,20,22). The molecule has 0 radical (unpaired) electrons. The molecule has 0 unspecified atom stereocenters. The first-order valence-corrected chi connectivity index (χ1v) is 8.95. The summed E-state index contributed by atoms with van der Waals surface area (Å²) < 4.78 is 6.16. The average molecular weight is 403 g/mol. The van der Waals surface area contributed by atoms with Crippen molar-refractivity contribution in [3.63, 3.8) is 0 Å². The van der Waals surface area contributed by atoms with E-state index in [0.717, 1.165) is 20.7 Å². The maximum Gasteiger partial charge on any atom is 0.230 e. The lowest BCUT2D eigenvalue weighted by Gasteiger charge is -2.06. The van der Waals surface area contributed by atoms with Gasteiger partial charge in [-0.1, -0.05) is 34.1 Å². The van der Waals surface area contributed by atoms with Crippen LogP contribution in [0.25, 0.3) is 10.6 Å². The number of hydrogen-bond acceptors (Lipinski definition) is 4. The van der Waals surface area contributed by atoms with Gasteiger partial charge in [0.2, 0.25) is 5.91 Å². The van der Waals surface area contributed by atoms with Crippen molar-refractivity contribution < 1.29 is 9.53 Å². The van der Waals surface area contributed by atoms with Crippen LogP contribution in [-0.4, -0.2) is 18.0 Å². The molecule has 0 spiro atoms. The first-order valence-electron chi connectivity index (χ1n) is 7.28. The Morgan fingerprint density at radius 2 is 2.08 bits per heavy atom. The number of amides is 1. The molecule has 122 valence electrons. The molecule has 0 aliphatic rings. The molecule has 0 saturated heterocycles. The van der Waals surface area contributed by atoms with Gasteiger partial charge in [0.15, 0.2) is 0 Å². The number of aromatic nitrogens is 1. The van der Waals surface area contributed by atoms with E-state index in [1.54, 1.807) is 13.2 Å². The number of rotatable bonds is 5. The van der Waals surface area contributed by atoms with E-state index in [-0.39, 0.29) is 12.3 Å². The van der Waals surface area contributed by atoms with Crippen molar-refractivity contribution in [1.29, 1.82) is 0 Å². The van der Waals surface area contributed by atoms with Gasteiger partial charge in [-0.3, -0.25) is 4.79 Å². The van der Waals surface area contributed by atoms with Gasteiger partial charge in [0.25, 0.3) is 0 Å². The zero-order valence-corrected chi connectivity index (χ0v) is 15.4. The second kappa shape index (κ2) is 7.59. The van der Waals surface area contributed by atoms with Gasteiger partial charge >= 0.3 is 0 Å². The zero-order valence-electron chi connectivity index (χ0n) is 13.0. The molecule has 3 rings (SSSR count). The molecule has 0 bridgehead atoms. The smallest absolute Gasteiger partial charge is 0.230 e. The van der Waals surface area contributed by atoms with Crippen molar-refractivity contribution in [2.45, 2.75) is 6.42 Å². The second-order valence-electron chi connectivity index (χ2n) is 5.11. The van der Waals surface area contributed by atoms with Gasteiger partial charge in [-0.05, 0) is 24.3 Å². The Morgan fingerprint density at radius 3 is 2.88 bits per heavy atom. The molecule has 0 aliphatic heterocycles. The van der Waals surface area contributed by atoms with Crippen LogP contribution in [0.2, 0.25) is 0 Å². The third-order valence-electron chi connectivity index (χ3n) is 3.32. The number of nitrogens with zero attached hydrogens (tertiary/aromatic N) is 1. The summed E-state index contributed by atoms with van der Waals surface area (Å²) in [5.74, 6) is 0.604. The number of ether oxygens (including phenoxy) is 1. The van der Waals surface area contributed by atoms with Gasteiger partial charge in [0, 0.05) is 27.2 Å². The first-order chi connectivity index (χ1) is 11.6. The fraction of sp³-hybridized carbons (Fsp3) is 0.111. The van der Waals surface area contributed by atoms with E-state index in [9.17, 15) is 4.79 Å². The normalized spacial score (nSPS) is 10.4. The number of methoxy groups -OCH3 is 1. The average Bonchev–Trinajstić information content (AvgIpc) is 3.03. The lowest BCUT2D eigenvalue weighted by molar-refractivity contribution is -0.115. The number of anilines is 1. The van der Waals surface area contributed by atoms with Crippen LogP contribution < -0.4 is 10.1 Å². The Kier molecular flexibility index (Phi) is 5.27. The van der Waals surface area contributed by atoms with E-state index in [1.807, 2.05) is 47.8 Å². The van der Waals surface area contributed by atoms with Gasteiger partial charge < -0.3 is 10.1 Å². The van der Waals surface area contributed by atoms with Crippen molar-refractivity contribution in [3.05, 3.63) is 64.1 Å². The minimum Gasteiger partial charge on any atom is -0.497 e. The number of thiazole rings is 1. The van der Waals surface area contributed by atoms with E-state index in [0.29, 0.717) is 11.4 Å².